The summed E-state index contributed by atoms with van der Waals surface area (Å²) in [5.74, 6) is -0.300. The highest BCUT2D eigenvalue weighted by Crippen LogP contribution is 2.13. The minimum absolute atomic E-state index is 0.277. The molecule has 0 fully saturated rings. The van der Waals surface area contributed by atoms with E-state index < -0.39 is 0 Å². The van der Waals surface area contributed by atoms with Crippen molar-refractivity contribution in [1.29, 1.82) is 0 Å². The lowest BCUT2D eigenvalue weighted by Crippen LogP contribution is -2.13. The van der Waals surface area contributed by atoms with E-state index in [4.69, 9.17) is 11.6 Å². The fourth-order valence-electron chi connectivity index (χ4n) is 1.92. The molecule has 0 atom stereocenters. The number of pyridine rings is 1. The summed E-state index contributed by atoms with van der Waals surface area (Å²) in [6.07, 6.45) is 4.64. The highest BCUT2D eigenvalue weighted by molar-refractivity contribution is 6.30. The van der Waals surface area contributed by atoms with Gasteiger partial charge in [0.25, 0.3) is 5.91 Å². The number of hydrogen-bond donors (Lipinski definition) is 1. The fraction of sp³-hybridized carbons (Fsp3) is 0.0667. The van der Waals surface area contributed by atoms with Gasteiger partial charge in [-0.2, -0.15) is 5.10 Å². The molecule has 22 heavy (non-hydrogen) atoms. The number of halogens is 1. The highest BCUT2D eigenvalue weighted by Gasteiger charge is 2.08. The number of aromatic nitrogens is 4. The maximum Gasteiger partial charge on any atom is 0.274 e. The molecule has 3 rings (SSSR count). The Labute approximate surface area is 131 Å². The lowest BCUT2D eigenvalue weighted by molar-refractivity contribution is 0.102. The number of hydrogen-bond acceptors (Lipinski definition) is 4. The van der Waals surface area contributed by atoms with Crippen LogP contribution in [0.5, 0.6) is 0 Å². The molecule has 0 bridgehead atoms. The molecule has 6 nitrogen and oxygen atoms in total. The average Bonchev–Trinajstić information content (AvgIpc) is 3.02. The molecular weight excluding hydrogens is 302 g/mol. The van der Waals surface area contributed by atoms with Gasteiger partial charge in [0.15, 0.2) is 0 Å². The first kappa shape index (κ1) is 14.2. The molecule has 0 aliphatic heterocycles. The van der Waals surface area contributed by atoms with Crippen molar-refractivity contribution in [3.8, 4) is 0 Å². The summed E-state index contributed by atoms with van der Waals surface area (Å²) in [7, 11) is 0. The van der Waals surface area contributed by atoms with Crippen LogP contribution in [-0.2, 0) is 6.54 Å². The Kier molecular flexibility index (Phi) is 4.11. The Bertz CT molecular complexity index is 771. The molecule has 0 radical (unpaired) electrons. The Morgan fingerprint density at radius 1 is 1.23 bits per heavy atom. The van der Waals surface area contributed by atoms with E-state index in [9.17, 15) is 4.79 Å². The lowest BCUT2D eigenvalue weighted by atomic mass is 10.2. The topological polar surface area (TPSA) is 72.7 Å². The fourth-order valence-corrected chi connectivity index (χ4v) is 2.08. The first-order valence-corrected chi connectivity index (χ1v) is 6.93. The molecule has 0 saturated heterocycles. The third-order valence-electron chi connectivity index (χ3n) is 2.98. The van der Waals surface area contributed by atoms with Crippen molar-refractivity contribution in [2.75, 3.05) is 5.32 Å². The lowest BCUT2D eigenvalue weighted by Gasteiger charge is -2.06. The monoisotopic (exact) mass is 313 g/mol. The van der Waals surface area contributed by atoms with Gasteiger partial charge in [-0.1, -0.05) is 23.7 Å². The Morgan fingerprint density at radius 3 is 2.73 bits per heavy atom. The number of carbonyl (C=O) groups is 1. The van der Waals surface area contributed by atoms with Crippen LogP contribution in [0.1, 0.15) is 16.1 Å². The van der Waals surface area contributed by atoms with Gasteiger partial charge in [-0.25, -0.2) is 9.67 Å². The van der Waals surface area contributed by atoms with Crippen molar-refractivity contribution < 1.29 is 4.79 Å². The molecule has 110 valence electrons. The molecule has 0 unspecified atom stereocenters. The Balaban J connectivity index is 1.67. The minimum Gasteiger partial charge on any atom is -0.321 e. The van der Waals surface area contributed by atoms with Crippen molar-refractivity contribution in [3.63, 3.8) is 0 Å². The molecular formula is C15H12ClN5O. The third kappa shape index (κ3) is 3.48. The Morgan fingerprint density at radius 2 is 2.05 bits per heavy atom. The van der Waals surface area contributed by atoms with Gasteiger partial charge < -0.3 is 5.32 Å². The van der Waals surface area contributed by atoms with Crippen molar-refractivity contribution in [2.45, 2.75) is 6.54 Å². The van der Waals surface area contributed by atoms with Crippen molar-refractivity contribution in [3.05, 3.63) is 71.5 Å². The van der Waals surface area contributed by atoms with Gasteiger partial charge in [0.1, 0.15) is 18.3 Å². The molecule has 2 aromatic heterocycles. The van der Waals surface area contributed by atoms with Crippen LogP contribution in [0.3, 0.4) is 0 Å². The molecule has 1 N–H and O–H groups in total. The summed E-state index contributed by atoms with van der Waals surface area (Å²) < 4.78 is 1.73. The zero-order chi connectivity index (χ0) is 15.4. The maximum absolute atomic E-state index is 12.1. The van der Waals surface area contributed by atoms with E-state index in [1.54, 1.807) is 17.1 Å². The first-order valence-electron chi connectivity index (χ1n) is 6.55. The van der Waals surface area contributed by atoms with Gasteiger partial charge in [-0.3, -0.25) is 9.78 Å². The van der Waals surface area contributed by atoms with Gasteiger partial charge in [0.2, 0.25) is 0 Å². The number of nitrogens with one attached hydrogen (secondary N) is 1. The van der Waals surface area contributed by atoms with E-state index >= 15 is 0 Å². The molecule has 0 spiro atoms. The summed E-state index contributed by atoms with van der Waals surface area (Å²) in [4.78, 5) is 19.9. The van der Waals surface area contributed by atoms with Crippen LogP contribution in [0.4, 0.5) is 5.69 Å². The molecule has 1 amide bonds. The number of amides is 1. The molecule has 0 aliphatic carbocycles. The summed E-state index contributed by atoms with van der Waals surface area (Å²) in [6, 6.07) is 10.6. The summed E-state index contributed by atoms with van der Waals surface area (Å²) >= 11 is 5.85. The minimum atomic E-state index is -0.300. The van der Waals surface area contributed by atoms with Crippen molar-refractivity contribution in [1.82, 2.24) is 19.7 Å². The van der Waals surface area contributed by atoms with Gasteiger partial charge in [-0.15, -0.1) is 0 Å². The summed E-state index contributed by atoms with van der Waals surface area (Å²) in [5.41, 5.74) is 2.03. The first-order chi connectivity index (χ1) is 10.7. The zero-order valence-electron chi connectivity index (χ0n) is 11.5. The number of carbonyl (C=O) groups excluding carboxylic acids is 1. The predicted molar refractivity (Wildman–Crippen MR) is 82.8 cm³/mol. The van der Waals surface area contributed by atoms with E-state index in [2.05, 4.69) is 20.4 Å². The van der Waals surface area contributed by atoms with Crippen LogP contribution in [0, 0.1) is 0 Å². The smallest absolute Gasteiger partial charge is 0.274 e. The molecule has 0 aliphatic rings. The van der Waals surface area contributed by atoms with Crippen LogP contribution >= 0.6 is 11.6 Å². The van der Waals surface area contributed by atoms with Crippen LogP contribution < -0.4 is 5.32 Å². The predicted octanol–water partition coefficient (Wildman–Crippen LogP) is 2.63. The second-order valence-corrected chi connectivity index (χ2v) is 5.04. The van der Waals surface area contributed by atoms with E-state index in [1.165, 1.54) is 18.6 Å². The van der Waals surface area contributed by atoms with Gasteiger partial charge in [0.05, 0.1) is 6.54 Å². The van der Waals surface area contributed by atoms with Crippen LogP contribution in [0.2, 0.25) is 5.02 Å². The number of benzene rings is 1. The molecule has 3 aromatic rings. The second-order valence-electron chi connectivity index (χ2n) is 4.60. The van der Waals surface area contributed by atoms with Gasteiger partial charge in [0, 0.05) is 16.9 Å². The van der Waals surface area contributed by atoms with E-state index in [0.717, 1.165) is 5.56 Å². The van der Waals surface area contributed by atoms with Crippen molar-refractivity contribution >= 4 is 23.2 Å². The molecule has 1 aromatic carbocycles. The highest BCUT2D eigenvalue weighted by atomic mass is 35.5. The SMILES string of the molecule is O=C(Nc1ccc(Cn2cncn2)cc1)c1cc(Cl)ccn1. The Hall–Kier alpha value is -2.73. The van der Waals surface area contributed by atoms with Gasteiger partial charge >= 0.3 is 0 Å². The second kappa shape index (κ2) is 6.36. The number of anilines is 1. The third-order valence-corrected chi connectivity index (χ3v) is 3.21. The van der Waals surface area contributed by atoms with E-state index in [0.29, 0.717) is 17.3 Å². The number of nitrogens with zero attached hydrogens (tertiary/aromatic N) is 4. The average molecular weight is 314 g/mol. The van der Waals surface area contributed by atoms with Crippen LogP contribution in [-0.4, -0.2) is 25.7 Å². The standard InChI is InChI=1S/C15H12ClN5O/c16-12-5-6-18-14(7-12)15(22)20-13-3-1-11(2-4-13)8-21-10-17-9-19-21/h1-7,9-10H,8H2,(H,20,22). The quantitative estimate of drug-likeness (QED) is 0.803. The zero-order valence-corrected chi connectivity index (χ0v) is 12.2. The normalized spacial score (nSPS) is 10.4. The maximum atomic E-state index is 12.1. The molecule has 7 heteroatoms. The summed E-state index contributed by atoms with van der Waals surface area (Å²) in [6.45, 7) is 0.629. The van der Waals surface area contributed by atoms with E-state index in [-0.39, 0.29) is 11.6 Å². The van der Waals surface area contributed by atoms with Crippen LogP contribution in [0.15, 0.2) is 55.2 Å². The molecule has 2 heterocycles. The van der Waals surface area contributed by atoms with Crippen LogP contribution in [0.25, 0.3) is 0 Å². The van der Waals surface area contributed by atoms with Crippen molar-refractivity contribution in [2.24, 2.45) is 0 Å². The summed E-state index contributed by atoms with van der Waals surface area (Å²) in [5, 5.41) is 7.30. The largest absolute Gasteiger partial charge is 0.321 e. The molecule has 0 saturated carbocycles. The van der Waals surface area contributed by atoms with Gasteiger partial charge in [-0.05, 0) is 29.8 Å². The van der Waals surface area contributed by atoms with E-state index in [1.807, 2.05) is 24.3 Å². The number of rotatable bonds is 4.